The molecule has 1 aromatic carbocycles. The molecule has 0 bridgehead atoms. The Morgan fingerprint density at radius 1 is 1.15 bits per heavy atom. The van der Waals surface area contributed by atoms with Crippen molar-refractivity contribution < 1.29 is 23.8 Å². The lowest BCUT2D eigenvalue weighted by Gasteiger charge is -2.27. The average Bonchev–Trinajstić information content (AvgIpc) is 3.08. The van der Waals surface area contributed by atoms with Crippen LogP contribution in [-0.2, 0) is 16.5 Å². The predicted octanol–water partition coefficient (Wildman–Crippen LogP) is 4.24. The number of anilines is 2. The van der Waals surface area contributed by atoms with Gasteiger partial charge in [0.1, 0.15) is 11.4 Å². The quantitative estimate of drug-likeness (QED) is 0.453. The maximum absolute atomic E-state index is 13.0. The van der Waals surface area contributed by atoms with E-state index in [1.165, 1.54) is 7.11 Å². The van der Waals surface area contributed by atoms with Gasteiger partial charge in [-0.1, -0.05) is 0 Å². The molecule has 2 aromatic heterocycles. The van der Waals surface area contributed by atoms with Crippen LogP contribution in [0.5, 0.6) is 5.75 Å². The number of fused-ring (bicyclic) bond motifs is 1. The zero-order chi connectivity index (χ0) is 25.0. The molecule has 182 valence electrons. The van der Waals surface area contributed by atoms with Crippen molar-refractivity contribution >= 4 is 34.3 Å². The summed E-state index contributed by atoms with van der Waals surface area (Å²) in [7, 11) is 6.26. The first-order valence-electron chi connectivity index (χ1n) is 10.9. The van der Waals surface area contributed by atoms with Gasteiger partial charge in [0.25, 0.3) is 5.91 Å². The summed E-state index contributed by atoms with van der Waals surface area (Å²) in [5.41, 5.74) is 1.98. The van der Waals surface area contributed by atoms with Gasteiger partial charge in [-0.3, -0.25) is 4.79 Å². The van der Waals surface area contributed by atoms with Crippen LogP contribution in [0.4, 0.5) is 11.4 Å². The predicted molar refractivity (Wildman–Crippen MR) is 132 cm³/mol. The number of amides is 1. The number of methoxy groups -OCH3 is 3. The molecule has 9 nitrogen and oxygen atoms in total. The van der Waals surface area contributed by atoms with Crippen LogP contribution in [-0.4, -0.2) is 54.4 Å². The number of carbonyl (C=O) groups excluding carboxylic acids is 2. The summed E-state index contributed by atoms with van der Waals surface area (Å²) in [6, 6.07) is 8.67. The third-order valence-corrected chi connectivity index (χ3v) is 5.76. The summed E-state index contributed by atoms with van der Waals surface area (Å²) in [5, 5.41) is 6.93. The molecular weight excluding hydrogens is 436 g/mol. The molecule has 2 heterocycles. The van der Waals surface area contributed by atoms with Crippen LogP contribution >= 0.6 is 0 Å². The Hall–Kier alpha value is -3.59. The Bertz CT molecular complexity index is 1180. The van der Waals surface area contributed by atoms with Crippen molar-refractivity contribution in [2.75, 3.05) is 32.0 Å². The maximum atomic E-state index is 13.0. The zero-order valence-corrected chi connectivity index (χ0v) is 20.7. The number of esters is 1. The number of carbonyl (C=O) groups is 2. The highest BCUT2D eigenvalue weighted by molar-refractivity contribution is 6.14. The minimum Gasteiger partial charge on any atom is -0.497 e. The SMILES string of the molecule is COC(=O)c1c(NC(=O)c2ccc(OC)cc2)c2cc(NC(C)CC(C)(C)OC)cnc2n1C. The Labute approximate surface area is 199 Å². The van der Waals surface area contributed by atoms with Crippen molar-refractivity contribution in [1.82, 2.24) is 9.55 Å². The van der Waals surface area contributed by atoms with E-state index in [2.05, 4.69) is 22.5 Å². The van der Waals surface area contributed by atoms with Crippen LogP contribution in [0.15, 0.2) is 36.5 Å². The number of nitrogens with zero attached hydrogens (tertiary/aromatic N) is 2. The number of pyridine rings is 1. The fraction of sp³-hybridized carbons (Fsp3) is 0.400. The van der Waals surface area contributed by atoms with Crippen molar-refractivity contribution in [1.29, 1.82) is 0 Å². The Morgan fingerprint density at radius 3 is 2.41 bits per heavy atom. The molecule has 0 spiro atoms. The molecule has 3 aromatic rings. The van der Waals surface area contributed by atoms with Gasteiger partial charge in [-0.25, -0.2) is 9.78 Å². The third kappa shape index (κ3) is 5.31. The van der Waals surface area contributed by atoms with Crippen molar-refractivity contribution in [2.45, 2.75) is 38.8 Å². The zero-order valence-electron chi connectivity index (χ0n) is 20.7. The molecule has 1 atom stereocenters. The van der Waals surface area contributed by atoms with E-state index in [0.717, 1.165) is 12.1 Å². The van der Waals surface area contributed by atoms with Gasteiger partial charge in [0.2, 0.25) is 0 Å². The summed E-state index contributed by atoms with van der Waals surface area (Å²) in [6.45, 7) is 6.11. The highest BCUT2D eigenvalue weighted by Crippen LogP contribution is 2.32. The minimum atomic E-state index is -0.574. The summed E-state index contributed by atoms with van der Waals surface area (Å²) >= 11 is 0. The number of rotatable bonds is 9. The Kier molecular flexibility index (Phi) is 7.46. The lowest BCUT2D eigenvalue weighted by molar-refractivity contribution is 0.0128. The van der Waals surface area contributed by atoms with E-state index in [9.17, 15) is 9.59 Å². The highest BCUT2D eigenvalue weighted by atomic mass is 16.5. The fourth-order valence-corrected chi connectivity index (χ4v) is 3.94. The van der Waals surface area contributed by atoms with Crippen LogP contribution in [0.25, 0.3) is 11.0 Å². The number of hydrogen-bond donors (Lipinski definition) is 2. The second kappa shape index (κ2) is 10.1. The van der Waals surface area contributed by atoms with Crippen LogP contribution < -0.4 is 15.4 Å². The molecular formula is C25H32N4O5. The van der Waals surface area contributed by atoms with Crippen LogP contribution in [0.1, 0.15) is 48.0 Å². The van der Waals surface area contributed by atoms with E-state index in [0.29, 0.717) is 28.0 Å². The van der Waals surface area contributed by atoms with E-state index >= 15 is 0 Å². The first-order chi connectivity index (χ1) is 16.1. The van der Waals surface area contributed by atoms with E-state index in [4.69, 9.17) is 14.2 Å². The van der Waals surface area contributed by atoms with Crippen LogP contribution in [0, 0.1) is 0 Å². The van der Waals surface area contributed by atoms with Crippen LogP contribution in [0.3, 0.4) is 0 Å². The summed E-state index contributed by atoms with van der Waals surface area (Å²) < 4.78 is 17.3. The van der Waals surface area contributed by atoms with Gasteiger partial charge < -0.3 is 29.4 Å². The lowest BCUT2D eigenvalue weighted by atomic mass is 10.00. The molecule has 9 heteroatoms. The molecule has 1 unspecified atom stereocenters. The first kappa shape index (κ1) is 25.0. The van der Waals surface area contributed by atoms with Gasteiger partial charge in [0.05, 0.1) is 37.4 Å². The number of aromatic nitrogens is 2. The standard InChI is InChI=1S/C25H32N4O5/c1-15(13-25(2,3)34-7)27-17-12-19-20(21(24(31)33-6)29(4)22(19)26-14-17)28-23(30)16-8-10-18(32-5)11-9-16/h8-12,14-15,27H,13H2,1-7H3,(H,28,30). The third-order valence-electron chi connectivity index (χ3n) is 5.76. The minimum absolute atomic E-state index is 0.0929. The van der Waals surface area contributed by atoms with E-state index < -0.39 is 5.97 Å². The number of nitrogens with one attached hydrogen (secondary N) is 2. The fourth-order valence-electron chi connectivity index (χ4n) is 3.94. The van der Waals surface area contributed by atoms with Crippen molar-refractivity contribution in [3.8, 4) is 5.75 Å². The molecule has 2 N–H and O–H groups in total. The molecule has 34 heavy (non-hydrogen) atoms. The molecule has 0 radical (unpaired) electrons. The molecule has 1 amide bonds. The van der Waals surface area contributed by atoms with Gasteiger partial charge in [0, 0.05) is 31.1 Å². The maximum Gasteiger partial charge on any atom is 0.356 e. The first-order valence-corrected chi connectivity index (χ1v) is 10.9. The summed E-state index contributed by atoms with van der Waals surface area (Å²) in [6.07, 6.45) is 2.47. The smallest absolute Gasteiger partial charge is 0.356 e. The monoisotopic (exact) mass is 468 g/mol. The van der Waals surface area contributed by atoms with Crippen LogP contribution in [0.2, 0.25) is 0 Å². The van der Waals surface area contributed by atoms with E-state index in [1.807, 2.05) is 19.9 Å². The summed E-state index contributed by atoms with van der Waals surface area (Å²) in [5.74, 6) is -0.299. The number of benzene rings is 1. The van der Waals surface area contributed by atoms with E-state index in [-0.39, 0.29) is 23.2 Å². The lowest BCUT2D eigenvalue weighted by Crippen LogP contribution is -2.31. The number of hydrogen-bond acceptors (Lipinski definition) is 7. The number of aryl methyl sites for hydroxylation is 1. The molecule has 3 rings (SSSR count). The van der Waals surface area contributed by atoms with Gasteiger partial charge in [-0.05, 0) is 57.5 Å². The summed E-state index contributed by atoms with van der Waals surface area (Å²) in [4.78, 5) is 30.2. The van der Waals surface area contributed by atoms with Crippen molar-refractivity contribution in [3.05, 3.63) is 47.8 Å². The highest BCUT2D eigenvalue weighted by Gasteiger charge is 2.25. The molecule has 0 aliphatic heterocycles. The molecule has 0 saturated heterocycles. The van der Waals surface area contributed by atoms with Crippen molar-refractivity contribution in [3.63, 3.8) is 0 Å². The Morgan fingerprint density at radius 2 is 1.82 bits per heavy atom. The molecule has 0 aliphatic carbocycles. The van der Waals surface area contributed by atoms with Gasteiger partial charge in [0.15, 0.2) is 5.69 Å². The van der Waals surface area contributed by atoms with Gasteiger partial charge in [-0.2, -0.15) is 0 Å². The van der Waals surface area contributed by atoms with E-state index in [1.54, 1.807) is 56.3 Å². The molecule has 0 aliphatic rings. The normalized spacial score (nSPS) is 12.3. The largest absolute Gasteiger partial charge is 0.497 e. The van der Waals surface area contributed by atoms with Crippen molar-refractivity contribution in [2.24, 2.45) is 7.05 Å². The number of ether oxygens (including phenoxy) is 3. The average molecular weight is 469 g/mol. The second-order valence-corrected chi connectivity index (χ2v) is 8.77. The molecule has 0 saturated carbocycles. The van der Waals surface area contributed by atoms with Gasteiger partial charge in [-0.15, -0.1) is 0 Å². The second-order valence-electron chi connectivity index (χ2n) is 8.77. The Balaban J connectivity index is 2.00. The topological polar surface area (TPSA) is 104 Å². The molecule has 0 fully saturated rings. The van der Waals surface area contributed by atoms with Gasteiger partial charge >= 0.3 is 5.97 Å².